The maximum absolute atomic E-state index is 13.0. The van der Waals surface area contributed by atoms with E-state index in [4.69, 9.17) is 55.8 Å². The topological polar surface area (TPSA) is 532 Å². The first-order valence-electron chi connectivity index (χ1n) is 33.7. The molecule has 9 aromatic heterocycles. The predicted octanol–water partition coefficient (Wildman–Crippen LogP) is 10.0. The van der Waals surface area contributed by atoms with Crippen LogP contribution >= 0.6 is 31.9 Å². The molecule has 11 N–H and O–H groups in total. The number of benzene rings is 4. The van der Waals surface area contributed by atoms with E-state index in [9.17, 15) is 19.2 Å². The molecule has 15 rings (SSSR count). The third-order valence-corrected chi connectivity index (χ3v) is 15.7. The van der Waals surface area contributed by atoms with Gasteiger partial charge in [0.05, 0.1) is 37.9 Å². The number of nitrogens with zero attached hydrogens (tertiary/aromatic N) is 21. The standard InChI is InChI=1S/C22H24BrN5O5.C17H17N7O2.C15H15N7O.C12H8BrN5O.C6H7N3O2/c1-21(2,3)32-19(29)28(20(30)33-22(4,5)6)16-15(25-14(23)12-24-16)18-27-26-17(31-18)13-10-8-7-9-11-13;1-10(25)20-12-8-24(9-12)13-7-19-15(18)14(21-13)17-23-22-16(26-17)11-5-3-2-4-6-11;16-10-7-22(8-10)11-6-18-13(17)12(19-11)15-21-20-14(23-15)9-4-2-1-3-5-9;13-8-6-15-10(14)9(16-8)12-18-17-11(19-12)7-4-2-1-3-5-7;1-11-6(10)4-5(7)9-3-2-8-4/h7-12H,1-6H3;2-7,12H,8-9H2,1H3,(H2,18,19)(H,20,25);1-6,10H,7-8,16H2,(H2,17,18);1-6H,(H2,14,15);2-3H,1H3,(H2,7,9). The van der Waals surface area contributed by atoms with Gasteiger partial charge >= 0.3 is 18.2 Å². The summed E-state index contributed by atoms with van der Waals surface area (Å²) in [5.41, 5.74) is 31.3. The zero-order valence-electron chi connectivity index (χ0n) is 61.0. The van der Waals surface area contributed by atoms with Gasteiger partial charge in [-0.15, -0.1) is 40.8 Å². The molecule has 0 radical (unpaired) electrons. The van der Waals surface area contributed by atoms with E-state index in [2.05, 4.69) is 133 Å². The SMILES string of the molecule is CC(=O)NC1CN(c2cnc(N)c(-c3nnc(-c4ccccc4)o3)n2)C1.CC(C)(C)OC(=O)N(C(=O)OC(C)(C)C)c1ncc(Br)nc1-c1nnc(-c2ccccc2)o1.COC(=O)c1nccnc1N.Nc1ncc(Br)nc1-c1nnc(-c2ccccc2)o1.Nc1ncc(N2CC(N)C2)nc1-c1nnc(-c2ccccc2)o1. The Bertz CT molecular complexity index is 5360. The number of halogens is 2. The maximum Gasteiger partial charge on any atom is 0.425 e. The van der Waals surface area contributed by atoms with Crippen LogP contribution in [-0.2, 0) is 19.0 Å². The molecule has 574 valence electrons. The number of ether oxygens (including phenoxy) is 3. The van der Waals surface area contributed by atoms with Gasteiger partial charge in [0, 0.05) is 73.8 Å². The molecule has 2 fully saturated rings. The summed E-state index contributed by atoms with van der Waals surface area (Å²) in [5.74, 6) is 3.47. The summed E-state index contributed by atoms with van der Waals surface area (Å²) in [7, 11) is 1.26. The fourth-order valence-electron chi connectivity index (χ4n) is 9.88. The Hall–Kier alpha value is -13.8. The lowest BCUT2D eigenvalue weighted by molar-refractivity contribution is -0.119. The number of aromatic nitrogens is 18. The molecule has 2 aliphatic rings. The van der Waals surface area contributed by atoms with Crippen LogP contribution in [0.25, 0.3) is 92.2 Å². The van der Waals surface area contributed by atoms with Gasteiger partial charge in [0.2, 0.25) is 29.5 Å². The van der Waals surface area contributed by atoms with E-state index in [1.807, 2.05) is 119 Å². The molecule has 0 saturated carbocycles. The summed E-state index contributed by atoms with van der Waals surface area (Å²) in [4.78, 5) is 94.1. The summed E-state index contributed by atoms with van der Waals surface area (Å²) < 4.78 is 38.9. The van der Waals surface area contributed by atoms with Crippen molar-refractivity contribution in [1.29, 1.82) is 0 Å². The minimum Gasteiger partial charge on any atom is -0.464 e. The number of nitrogen functional groups attached to an aromatic ring is 4. The van der Waals surface area contributed by atoms with Gasteiger partial charge in [-0.1, -0.05) is 72.8 Å². The Morgan fingerprint density at radius 1 is 0.455 bits per heavy atom. The Morgan fingerprint density at radius 2 is 0.795 bits per heavy atom. The molecule has 0 aliphatic carbocycles. The Morgan fingerprint density at radius 3 is 1.16 bits per heavy atom. The molecule has 2 aliphatic heterocycles. The zero-order chi connectivity index (χ0) is 79.8. The van der Waals surface area contributed by atoms with E-state index in [-0.39, 0.29) is 87.9 Å². The monoisotopic (exact) mass is 1650 g/mol. The van der Waals surface area contributed by atoms with E-state index in [0.717, 1.165) is 29.8 Å². The first kappa shape index (κ1) is 79.3. The molecule has 0 unspecified atom stereocenters. The average Bonchev–Trinajstić information content (AvgIpc) is 1.36. The van der Waals surface area contributed by atoms with E-state index in [0.29, 0.717) is 79.1 Å². The number of imide groups is 1. The van der Waals surface area contributed by atoms with E-state index < -0.39 is 29.4 Å². The number of hydrogen-bond donors (Lipinski definition) is 6. The first-order valence-corrected chi connectivity index (χ1v) is 35.3. The third kappa shape index (κ3) is 20.7. The van der Waals surface area contributed by atoms with Crippen LogP contribution in [0.5, 0.6) is 0 Å². The normalized spacial score (nSPS) is 12.5. The Balaban J connectivity index is 0.000000143. The highest BCUT2D eigenvalue weighted by molar-refractivity contribution is 9.10. The van der Waals surface area contributed by atoms with Crippen molar-refractivity contribution in [3.05, 3.63) is 173 Å². The highest BCUT2D eigenvalue weighted by atomic mass is 79.9. The van der Waals surface area contributed by atoms with Gasteiger partial charge in [0.15, 0.2) is 57.6 Å². The number of esters is 1. The van der Waals surface area contributed by atoms with Gasteiger partial charge in [-0.3, -0.25) is 4.79 Å². The maximum atomic E-state index is 13.0. The molecule has 4 aromatic carbocycles. The van der Waals surface area contributed by atoms with E-state index in [1.165, 1.54) is 38.8 Å². The lowest BCUT2D eigenvalue weighted by atomic mass is 10.1. The zero-order valence-corrected chi connectivity index (χ0v) is 64.2. The van der Waals surface area contributed by atoms with Gasteiger partial charge in [-0.25, -0.2) is 64.2 Å². The molecular weight excluding hydrogens is 1580 g/mol. The highest BCUT2D eigenvalue weighted by Crippen LogP contribution is 2.35. The third-order valence-electron chi connectivity index (χ3n) is 15.0. The second kappa shape index (κ2) is 35.5. The summed E-state index contributed by atoms with van der Waals surface area (Å²) in [6.07, 6.45) is 6.86. The van der Waals surface area contributed by atoms with Gasteiger partial charge in [-0.2, -0.15) is 4.90 Å². The molecule has 3 amide bonds. The van der Waals surface area contributed by atoms with Crippen LogP contribution in [0.4, 0.5) is 50.3 Å². The molecule has 13 aromatic rings. The molecule has 38 nitrogen and oxygen atoms in total. The van der Waals surface area contributed by atoms with Crippen LogP contribution in [0.15, 0.2) is 185 Å². The minimum atomic E-state index is -0.988. The number of methoxy groups -OCH3 is 1. The van der Waals surface area contributed by atoms with Crippen molar-refractivity contribution < 1.29 is 51.1 Å². The van der Waals surface area contributed by atoms with Crippen molar-refractivity contribution in [2.45, 2.75) is 71.8 Å². The van der Waals surface area contributed by atoms with E-state index >= 15 is 0 Å². The van der Waals surface area contributed by atoms with Crippen LogP contribution in [0, 0.1) is 0 Å². The minimum absolute atomic E-state index is 0.00391. The average molecular weight is 1650 g/mol. The van der Waals surface area contributed by atoms with Crippen molar-refractivity contribution in [3.63, 3.8) is 0 Å². The molecule has 11 heterocycles. The van der Waals surface area contributed by atoms with Gasteiger partial charge in [-0.05, 0) is 122 Å². The summed E-state index contributed by atoms with van der Waals surface area (Å²) in [6, 6.07) is 37.9. The number of anilines is 7. The van der Waals surface area contributed by atoms with E-state index in [1.54, 1.807) is 66.1 Å². The first-order chi connectivity index (χ1) is 53.6. The number of rotatable bonds is 13. The Kier molecular flexibility index (Phi) is 25.1. The molecule has 0 spiro atoms. The molecule has 0 bridgehead atoms. The molecule has 0 atom stereocenters. The van der Waals surface area contributed by atoms with Crippen LogP contribution in [0.3, 0.4) is 0 Å². The second-order valence-electron chi connectivity index (χ2n) is 25.9. The number of carbonyl (C=O) groups is 4. The van der Waals surface area contributed by atoms with Crippen LogP contribution < -0.4 is 48.7 Å². The summed E-state index contributed by atoms with van der Waals surface area (Å²) in [6.45, 7) is 14.4. The number of amides is 3. The lowest BCUT2D eigenvalue weighted by Gasteiger charge is -2.40. The lowest BCUT2D eigenvalue weighted by Crippen LogP contribution is -2.59. The van der Waals surface area contributed by atoms with Crippen LogP contribution in [0.1, 0.15) is 59.0 Å². The number of carbonyl (C=O) groups excluding carboxylic acids is 4. The van der Waals surface area contributed by atoms with Crippen molar-refractivity contribution in [2.75, 3.05) is 70.9 Å². The fourth-order valence-corrected chi connectivity index (χ4v) is 10.4. The van der Waals surface area contributed by atoms with Crippen LogP contribution in [-0.4, -0.2) is 171 Å². The largest absolute Gasteiger partial charge is 0.464 e. The van der Waals surface area contributed by atoms with Crippen molar-refractivity contribution in [2.24, 2.45) is 5.73 Å². The van der Waals surface area contributed by atoms with Gasteiger partial charge < -0.3 is 75.7 Å². The van der Waals surface area contributed by atoms with Crippen LogP contribution in [0.2, 0.25) is 0 Å². The number of hydrogen-bond acceptors (Lipinski definition) is 36. The molecule has 40 heteroatoms. The number of nitrogens with one attached hydrogen (secondary N) is 1. The molecule has 112 heavy (non-hydrogen) atoms. The highest BCUT2D eigenvalue weighted by Gasteiger charge is 2.38. The fraction of sp³-hybridized carbons (Fsp3) is 0.222. The summed E-state index contributed by atoms with van der Waals surface area (Å²) in [5, 5.41) is 35.1. The van der Waals surface area contributed by atoms with Crippen molar-refractivity contribution >= 4 is 96.6 Å². The Labute approximate surface area is 654 Å². The van der Waals surface area contributed by atoms with Gasteiger partial charge in [0.1, 0.15) is 32.0 Å². The molecule has 2 saturated heterocycles. The second-order valence-corrected chi connectivity index (χ2v) is 27.5. The predicted molar refractivity (Wildman–Crippen MR) is 414 cm³/mol. The van der Waals surface area contributed by atoms with Crippen molar-refractivity contribution in [3.8, 4) is 92.2 Å². The quantitative estimate of drug-likeness (QED) is 0.0461. The van der Waals surface area contributed by atoms with Crippen molar-refractivity contribution in [1.82, 2.24) is 95.9 Å². The smallest absolute Gasteiger partial charge is 0.425 e. The van der Waals surface area contributed by atoms with Gasteiger partial charge in [0.25, 0.3) is 23.6 Å². The molecular formula is C72H71Br2N27O11. The number of nitrogens with two attached hydrogens (primary N) is 5. The summed E-state index contributed by atoms with van der Waals surface area (Å²) >= 11 is 6.48.